The highest BCUT2D eigenvalue weighted by atomic mass is 32.2. The van der Waals surface area contributed by atoms with Crippen molar-refractivity contribution in [3.63, 3.8) is 0 Å². The monoisotopic (exact) mass is 288 g/mol. The lowest BCUT2D eigenvalue weighted by atomic mass is 9.99. The number of nitrogens with zero attached hydrogens (tertiary/aromatic N) is 3. The minimum atomic E-state index is -3.60. The molecule has 0 aliphatic rings. The number of sulfonamides is 1. The van der Waals surface area contributed by atoms with Gasteiger partial charge in [-0.25, -0.2) is 13.4 Å². The van der Waals surface area contributed by atoms with Crippen molar-refractivity contribution in [2.45, 2.75) is 44.2 Å². The summed E-state index contributed by atoms with van der Waals surface area (Å²) in [6.07, 6.45) is 4.41. The molecule has 0 bridgehead atoms. The highest BCUT2D eigenvalue weighted by Gasteiger charge is 2.38. The summed E-state index contributed by atoms with van der Waals surface area (Å²) in [5.74, 6) is 0. The molecule has 0 amide bonds. The van der Waals surface area contributed by atoms with Gasteiger partial charge in [-0.1, -0.05) is 13.8 Å². The van der Waals surface area contributed by atoms with Gasteiger partial charge in [-0.15, -0.1) is 0 Å². The summed E-state index contributed by atoms with van der Waals surface area (Å²) in [5.41, 5.74) is 5.22. The van der Waals surface area contributed by atoms with E-state index in [0.29, 0.717) is 13.0 Å². The lowest BCUT2D eigenvalue weighted by molar-refractivity contribution is 0.205. The van der Waals surface area contributed by atoms with Crippen molar-refractivity contribution in [2.24, 2.45) is 12.8 Å². The van der Waals surface area contributed by atoms with Gasteiger partial charge in [0, 0.05) is 31.9 Å². The number of rotatable bonds is 7. The molecule has 1 aromatic heterocycles. The van der Waals surface area contributed by atoms with Gasteiger partial charge in [0.05, 0.1) is 6.33 Å². The van der Waals surface area contributed by atoms with Crippen LogP contribution in [-0.4, -0.2) is 40.9 Å². The van der Waals surface area contributed by atoms with Gasteiger partial charge in [-0.05, 0) is 19.8 Å². The van der Waals surface area contributed by atoms with Crippen LogP contribution in [0.3, 0.4) is 0 Å². The number of imidazole rings is 1. The molecule has 19 heavy (non-hydrogen) atoms. The molecule has 1 heterocycles. The first kappa shape index (κ1) is 16.1. The second-order valence-electron chi connectivity index (χ2n) is 5.01. The Kier molecular flexibility index (Phi) is 5.11. The second kappa shape index (κ2) is 6.02. The molecule has 0 fully saturated rings. The third-order valence-corrected chi connectivity index (χ3v) is 5.41. The molecular weight excluding hydrogens is 264 g/mol. The molecule has 0 radical (unpaired) electrons. The van der Waals surface area contributed by atoms with Gasteiger partial charge in [0.15, 0.2) is 5.03 Å². The smallest absolute Gasteiger partial charge is 0.262 e. The first-order valence-corrected chi connectivity index (χ1v) is 7.96. The Bertz CT molecular complexity index is 506. The van der Waals surface area contributed by atoms with E-state index in [2.05, 4.69) is 4.98 Å². The fourth-order valence-corrected chi connectivity index (χ4v) is 3.85. The number of aromatic nitrogens is 2. The lowest BCUT2D eigenvalue weighted by Crippen LogP contribution is -2.54. The summed E-state index contributed by atoms with van der Waals surface area (Å²) >= 11 is 0. The summed E-state index contributed by atoms with van der Waals surface area (Å²) < 4.78 is 28.5. The minimum absolute atomic E-state index is 0.0802. The van der Waals surface area contributed by atoms with Crippen molar-refractivity contribution in [1.82, 2.24) is 13.9 Å². The molecule has 0 saturated carbocycles. The van der Waals surface area contributed by atoms with Crippen LogP contribution < -0.4 is 5.73 Å². The largest absolute Gasteiger partial charge is 0.339 e. The Balaban J connectivity index is 3.25. The summed E-state index contributed by atoms with van der Waals surface area (Å²) in [4.78, 5) is 3.97. The second-order valence-corrected chi connectivity index (χ2v) is 6.82. The van der Waals surface area contributed by atoms with Crippen LogP contribution in [0.2, 0.25) is 0 Å². The van der Waals surface area contributed by atoms with Crippen LogP contribution in [0.15, 0.2) is 17.6 Å². The van der Waals surface area contributed by atoms with E-state index in [0.717, 1.165) is 6.42 Å². The van der Waals surface area contributed by atoms with E-state index in [4.69, 9.17) is 5.73 Å². The van der Waals surface area contributed by atoms with Crippen LogP contribution in [0.4, 0.5) is 0 Å². The molecule has 0 aromatic carbocycles. The fourth-order valence-electron chi connectivity index (χ4n) is 1.94. The maximum Gasteiger partial charge on any atom is 0.262 e. The van der Waals surface area contributed by atoms with Gasteiger partial charge in [0.25, 0.3) is 10.0 Å². The van der Waals surface area contributed by atoms with Crippen LogP contribution in [0, 0.1) is 0 Å². The van der Waals surface area contributed by atoms with Crippen LogP contribution in [0.25, 0.3) is 0 Å². The number of hydrogen-bond acceptors (Lipinski definition) is 4. The van der Waals surface area contributed by atoms with Crippen molar-refractivity contribution in [1.29, 1.82) is 0 Å². The first-order chi connectivity index (χ1) is 8.81. The number of hydrogen-bond donors (Lipinski definition) is 1. The molecular formula is C12H24N4O2S. The van der Waals surface area contributed by atoms with Crippen molar-refractivity contribution in [3.8, 4) is 0 Å². The molecule has 0 saturated heterocycles. The van der Waals surface area contributed by atoms with Gasteiger partial charge < -0.3 is 10.3 Å². The predicted molar refractivity (Wildman–Crippen MR) is 75.1 cm³/mol. The van der Waals surface area contributed by atoms with Gasteiger partial charge >= 0.3 is 0 Å². The fraction of sp³-hybridized carbons (Fsp3) is 0.750. The normalized spacial score (nSPS) is 15.7. The van der Waals surface area contributed by atoms with Crippen LogP contribution in [0.5, 0.6) is 0 Å². The van der Waals surface area contributed by atoms with Gasteiger partial charge in [0.2, 0.25) is 0 Å². The van der Waals surface area contributed by atoms with E-state index in [1.54, 1.807) is 11.6 Å². The summed E-state index contributed by atoms with van der Waals surface area (Å²) in [6, 6.07) is 0. The van der Waals surface area contributed by atoms with Crippen molar-refractivity contribution in [3.05, 3.63) is 12.5 Å². The van der Waals surface area contributed by atoms with E-state index >= 15 is 0 Å². The van der Waals surface area contributed by atoms with Crippen LogP contribution >= 0.6 is 0 Å². The Morgan fingerprint density at radius 3 is 2.47 bits per heavy atom. The Morgan fingerprint density at radius 2 is 2.11 bits per heavy atom. The van der Waals surface area contributed by atoms with Gasteiger partial charge in [-0.3, -0.25) is 0 Å². The average molecular weight is 288 g/mol. The Morgan fingerprint density at radius 1 is 1.47 bits per heavy atom. The summed E-state index contributed by atoms with van der Waals surface area (Å²) in [5, 5.41) is 0.0802. The molecule has 0 spiro atoms. The molecule has 7 heteroatoms. The average Bonchev–Trinajstić information content (AvgIpc) is 2.82. The van der Waals surface area contributed by atoms with E-state index in [9.17, 15) is 8.42 Å². The molecule has 0 aliphatic heterocycles. The highest BCUT2D eigenvalue weighted by Crippen LogP contribution is 2.26. The third-order valence-electron chi connectivity index (χ3n) is 3.47. The van der Waals surface area contributed by atoms with Crippen molar-refractivity contribution in [2.75, 3.05) is 13.1 Å². The first-order valence-electron chi connectivity index (χ1n) is 6.52. The highest BCUT2D eigenvalue weighted by molar-refractivity contribution is 7.89. The zero-order chi connectivity index (χ0) is 14.7. The molecule has 1 unspecified atom stereocenters. The molecule has 6 nitrogen and oxygen atoms in total. The van der Waals surface area contributed by atoms with E-state index in [-0.39, 0.29) is 11.6 Å². The zero-order valence-electron chi connectivity index (χ0n) is 12.1. The SMILES string of the molecule is CCCN(C(C)(CC)CN)S(=O)(=O)c1cn(C)cn1. The molecule has 1 rings (SSSR count). The molecule has 1 atom stereocenters. The maximum absolute atomic E-state index is 12.7. The van der Waals surface area contributed by atoms with E-state index in [1.165, 1.54) is 16.8 Å². The summed E-state index contributed by atoms with van der Waals surface area (Å²) in [7, 11) is -1.85. The molecule has 1 aromatic rings. The van der Waals surface area contributed by atoms with E-state index in [1.807, 2.05) is 20.8 Å². The summed E-state index contributed by atoms with van der Waals surface area (Å²) in [6.45, 7) is 6.51. The number of aryl methyl sites for hydroxylation is 1. The maximum atomic E-state index is 12.7. The molecule has 2 N–H and O–H groups in total. The minimum Gasteiger partial charge on any atom is -0.339 e. The molecule has 0 aliphatic carbocycles. The predicted octanol–water partition coefficient (Wildman–Crippen LogP) is 0.948. The lowest BCUT2D eigenvalue weighted by Gasteiger charge is -2.38. The topological polar surface area (TPSA) is 81.2 Å². The quantitative estimate of drug-likeness (QED) is 0.810. The van der Waals surface area contributed by atoms with Crippen LogP contribution in [-0.2, 0) is 17.1 Å². The standard InChI is InChI=1S/C12H24N4O2S/c1-5-7-16(12(3,6-2)9-13)19(17,18)11-8-15(4)10-14-11/h8,10H,5-7,9,13H2,1-4H3. The van der Waals surface area contributed by atoms with E-state index < -0.39 is 15.6 Å². The molecule has 110 valence electrons. The van der Waals surface area contributed by atoms with Crippen molar-refractivity contribution < 1.29 is 8.42 Å². The van der Waals surface area contributed by atoms with Gasteiger partial charge in [-0.2, -0.15) is 4.31 Å². The third kappa shape index (κ3) is 3.16. The zero-order valence-corrected chi connectivity index (χ0v) is 12.9. The van der Waals surface area contributed by atoms with Crippen molar-refractivity contribution >= 4 is 10.0 Å². The number of nitrogens with two attached hydrogens (primary N) is 1. The Labute approximate surface area is 115 Å². The van der Waals surface area contributed by atoms with Crippen LogP contribution in [0.1, 0.15) is 33.6 Å². The van der Waals surface area contributed by atoms with Gasteiger partial charge in [0.1, 0.15) is 0 Å². The Hall–Kier alpha value is -0.920.